The second kappa shape index (κ2) is 1.84. The van der Waals surface area contributed by atoms with Crippen molar-refractivity contribution in [1.29, 1.82) is 0 Å². The van der Waals surface area contributed by atoms with Gasteiger partial charge in [0.15, 0.2) is 0 Å². The normalized spacial score (nSPS) is 14.0. The van der Waals surface area contributed by atoms with Gasteiger partial charge < -0.3 is 10.2 Å². The van der Waals surface area contributed by atoms with Crippen LogP contribution in [0.5, 0.6) is 0 Å². The van der Waals surface area contributed by atoms with Crippen molar-refractivity contribution in [2.45, 2.75) is 12.5 Å². The zero-order valence-electron chi connectivity index (χ0n) is 3.70. The molecule has 0 aliphatic carbocycles. The summed E-state index contributed by atoms with van der Waals surface area (Å²) >= 11 is 0. The van der Waals surface area contributed by atoms with E-state index in [9.17, 15) is 4.57 Å². The summed E-state index contributed by atoms with van der Waals surface area (Å²) in [6.45, 7) is 0.839. The van der Waals surface area contributed by atoms with Crippen LogP contribution in [0.2, 0.25) is 0 Å². The summed E-state index contributed by atoms with van der Waals surface area (Å²) < 4.78 is 9.67. The van der Waals surface area contributed by atoms with E-state index >= 15 is 0 Å². The smallest absolute Gasteiger partial charge is 0.324 e. The first-order valence-corrected chi connectivity index (χ1v) is 2.77. The van der Waals surface area contributed by atoms with E-state index in [-0.39, 0.29) is 0 Å². The molecule has 0 saturated heterocycles. The quantitative estimate of drug-likeness (QED) is 0.322. The third-order valence-electron chi connectivity index (χ3n) is 0.362. The van der Waals surface area contributed by atoms with Crippen LogP contribution in [0.4, 0.5) is 0 Å². The Balaban J connectivity index is 3.79. The van der Waals surface area contributed by atoms with Gasteiger partial charge in [-0.15, -0.1) is 0 Å². The molecule has 0 fully saturated rings. The van der Waals surface area contributed by atoms with Crippen molar-refractivity contribution in [3.05, 3.63) is 0 Å². The molecule has 5 heteroatoms. The lowest BCUT2D eigenvalue weighted by atomic mass is 10.8. The molecule has 0 heterocycles. The van der Waals surface area contributed by atoms with Gasteiger partial charge in [-0.1, -0.05) is 0 Å². The van der Waals surface area contributed by atoms with Crippen molar-refractivity contribution in [3.8, 4) is 0 Å². The standard InChI is InChI=1S/C2H5O4P/c1-2(3,4)7(5)6/h3-4H,1H3/p+1. The minimum Gasteiger partial charge on any atom is -0.324 e. The van der Waals surface area contributed by atoms with Crippen molar-refractivity contribution < 1.29 is 19.7 Å². The summed E-state index contributed by atoms with van der Waals surface area (Å²) in [4.78, 5) is 7.90. The Morgan fingerprint density at radius 3 is 1.71 bits per heavy atom. The van der Waals surface area contributed by atoms with Crippen molar-refractivity contribution >= 4 is 8.03 Å². The Morgan fingerprint density at radius 1 is 1.57 bits per heavy atom. The summed E-state index contributed by atoms with van der Waals surface area (Å²) in [5, 5.41) is 16.2. The largest absolute Gasteiger partial charge is 0.572 e. The highest BCUT2D eigenvalue weighted by atomic mass is 31.1. The van der Waals surface area contributed by atoms with E-state index in [0.717, 1.165) is 6.92 Å². The van der Waals surface area contributed by atoms with Gasteiger partial charge in [0.2, 0.25) is 0 Å². The van der Waals surface area contributed by atoms with Crippen LogP contribution < -0.4 is 0 Å². The van der Waals surface area contributed by atoms with Crippen molar-refractivity contribution in [3.63, 3.8) is 0 Å². The molecule has 0 bridgehead atoms. The lowest BCUT2D eigenvalue weighted by Gasteiger charge is -1.94. The molecule has 1 unspecified atom stereocenters. The molecule has 0 aliphatic rings. The van der Waals surface area contributed by atoms with Gasteiger partial charge in [0, 0.05) is 6.92 Å². The van der Waals surface area contributed by atoms with E-state index in [4.69, 9.17) is 15.1 Å². The molecular formula is C2H6O4P+. The Bertz CT molecular complexity index is 82.2. The van der Waals surface area contributed by atoms with Gasteiger partial charge in [-0.3, -0.25) is 0 Å². The van der Waals surface area contributed by atoms with E-state index in [1.54, 1.807) is 0 Å². The molecule has 4 nitrogen and oxygen atoms in total. The van der Waals surface area contributed by atoms with Crippen LogP contribution in [0, 0.1) is 0 Å². The Hall–Kier alpha value is -0.0200. The zero-order chi connectivity index (χ0) is 6.08. The fourth-order valence-corrected chi connectivity index (χ4v) is 0. The van der Waals surface area contributed by atoms with Crippen molar-refractivity contribution in [2.75, 3.05) is 0 Å². The van der Waals surface area contributed by atoms with E-state index in [1.807, 2.05) is 0 Å². The van der Waals surface area contributed by atoms with Gasteiger partial charge >= 0.3 is 13.6 Å². The molecular weight excluding hydrogens is 119 g/mol. The molecule has 7 heavy (non-hydrogen) atoms. The number of rotatable bonds is 1. The summed E-state index contributed by atoms with van der Waals surface area (Å²) in [6.07, 6.45) is 0. The van der Waals surface area contributed by atoms with E-state index in [1.165, 1.54) is 0 Å². The first kappa shape index (κ1) is 6.98. The molecule has 0 saturated carbocycles. The van der Waals surface area contributed by atoms with E-state index in [0.29, 0.717) is 0 Å². The van der Waals surface area contributed by atoms with Crippen LogP contribution in [0.3, 0.4) is 0 Å². The van der Waals surface area contributed by atoms with Gasteiger partial charge in [0.1, 0.15) is 0 Å². The monoisotopic (exact) mass is 125 g/mol. The van der Waals surface area contributed by atoms with Crippen molar-refractivity contribution in [1.82, 2.24) is 0 Å². The lowest BCUT2D eigenvalue weighted by Crippen LogP contribution is -2.16. The van der Waals surface area contributed by atoms with Gasteiger partial charge in [-0.2, -0.15) is 4.89 Å². The Morgan fingerprint density at radius 2 is 1.71 bits per heavy atom. The van der Waals surface area contributed by atoms with Crippen LogP contribution in [0.25, 0.3) is 0 Å². The van der Waals surface area contributed by atoms with Crippen LogP contribution in [0.15, 0.2) is 0 Å². The van der Waals surface area contributed by atoms with Crippen LogP contribution in [-0.2, 0) is 4.57 Å². The minimum absolute atomic E-state index is 0.839. The predicted octanol–water partition coefficient (Wildman–Crippen LogP) is -0.621. The second-order valence-corrected chi connectivity index (χ2v) is 2.64. The van der Waals surface area contributed by atoms with Gasteiger partial charge in [-0.25, -0.2) is 0 Å². The van der Waals surface area contributed by atoms with Gasteiger partial charge in [0.05, 0.1) is 0 Å². The molecule has 0 aliphatic heterocycles. The highest BCUT2D eigenvalue weighted by molar-refractivity contribution is 7.39. The van der Waals surface area contributed by atoms with E-state index < -0.39 is 13.6 Å². The van der Waals surface area contributed by atoms with Crippen molar-refractivity contribution in [2.24, 2.45) is 0 Å². The first-order chi connectivity index (χ1) is 2.94. The molecule has 0 aromatic carbocycles. The SMILES string of the molecule is CC(O)(O)[P+](=O)O. The molecule has 0 radical (unpaired) electrons. The fraction of sp³-hybridized carbons (Fsp3) is 1.00. The maximum atomic E-state index is 9.67. The van der Waals surface area contributed by atoms with Gasteiger partial charge in [0.25, 0.3) is 0 Å². The Labute approximate surface area is 41.3 Å². The summed E-state index contributed by atoms with van der Waals surface area (Å²) in [5.41, 5.74) is -2.44. The number of aliphatic hydroxyl groups is 2. The van der Waals surface area contributed by atoms with Crippen LogP contribution in [0.1, 0.15) is 6.92 Å². The molecule has 0 rings (SSSR count). The molecule has 42 valence electrons. The topological polar surface area (TPSA) is 77.8 Å². The predicted molar refractivity (Wildman–Crippen MR) is 22.7 cm³/mol. The second-order valence-electron chi connectivity index (χ2n) is 1.24. The lowest BCUT2D eigenvalue weighted by molar-refractivity contribution is -0.0735. The summed E-state index contributed by atoms with van der Waals surface area (Å²) in [7, 11) is -2.88. The zero-order valence-corrected chi connectivity index (χ0v) is 4.59. The first-order valence-electron chi connectivity index (χ1n) is 1.55. The molecule has 3 N–H and O–H groups in total. The van der Waals surface area contributed by atoms with Crippen LogP contribution in [-0.4, -0.2) is 20.6 Å². The third-order valence-corrected chi connectivity index (χ3v) is 1.09. The molecule has 1 atom stereocenters. The maximum Gasteiger partial charge on any atom is 0.572 e. The average Bonchev–Trinajstić information content (AvgIpc) is 1.31. The Kier molecular flexibility index (Phi) is 1.83. The fourth-order valence-electron chi connectivity index (χ4n) is 0. The third kappa shape index (κ3) is 2.65. The molecule has 0 aromatic heterocycles. The van der Waals surface area contributed by atoms with Crippen LogP contribution >= 0.6 is 8.03 Å². The van der Waals surface area contributed by atoms with Gasteiger partial charge in [-0.05, 0) is 4.57 Å². The number of hydrogen-bond acceptors (Lipinski definition) is 3. The highest BCUT2D eigenvalue weighted by Crippen LogP contribution is 2.28. The highest BCUT2D eigenvalue weighted by Gasteiger charge is 2.39. The molecule has 0 amide bonds. The molecule has 0 spiro atoms. The summed E-state index contributed by atoms with van der Waals surface area (Å²) in [6, 6.07) is 0. The molecule has 0 aromatic rings. The van der Waals surface area contributed by atoms with E-state index in [2.05, 4.69) is 0 Å². The number of hydrogen-bond donors (Lipinski definition) is 3. The summed E-state index contributed by atoms with van der Waals surface area (Å²) in [5.74, 6) is 0. The minimum atomic E-state index is -2.88. The average molecular weight is 125 g/mol. The maximum absolute atomic E-state index is 9.67.